The standard InChI is InChI=1S/C13H21N3O/c1-3-16(4-2)13(17)11-14-10-8-12-7-5-6-9-15-12/h5-7,9,14H,3-4,8,10-11H2,1-2H3. The summed E-state index contributed by atoms with van der Waals surface area (Å²) in [7, 11) is 0. The van der Waals surface area contributed by atoms with Crippen molar-refractivity contribution < 1.29 is 4.79 Å². The molecule has 0 aliphatic rings. The summed E-state index contributed by atoms with van der Waals surface area (Å²) in [5.74, 6) is 0.163. The second-order valence-electron chi connectivity index (χ2n) is 3.81. The fourth-order valence-corrected chi connectivity index (χ4v) is 1.65. The highest BCUT2D eigenvalue weighted by atomic mass is 16.2. The topological polar surface area (TPSA) is 45.2 Å². The Morgan fingerprint density at radius 1 is 1.35 bits per heavy atom. The van der Waals surface area contributed by atoms with Crippen molar-refractivity contribution in [2.75, 3.05) is 26.2 Å². The molecule has 0 saturated carbocycles. The van der Waals surface area contributed by atoms with E-state index >= 15 is 0 Å². The number of aromatic nitrogens is 1. The lowest BCUT2D eigenvalue weighted by Gasteiger charge is -2.18. The summed E-state index contributed by atoms with van der Waals surface area (Å²) in [5.41, 5.74) is 1.05. The molecule has 1 N–H and O–H groups in total. The van der Waals surface area contributed by atoms with Crippen LogP contribution in [0.1, 0.15) is 19.5 Å². The zero-order valence-corrected chi connectivity index (χ0v) is 10.6. The predicted octanol–water partition coefficient (Wildman–Crippen LogP) is 1.08. The molecule has 1 aromatic heterocycles. The van der Waals surface area contributed by atoms with E-state index < -0.39 is 0 Å². The van der Waals surface area contributed by atoms with Crippen LogP contribution in [-0.2, 0) is 11.2 Å². The van der Waals surface area contributed by atoms with Gasteiger partial charge in [0.25, 0.3) is 0 Å². The molecule has 0 saturated heterocycles. The molecule has 17 heavy (non-hydrogen) atoms. The first kappa shape index (κ1) is 13.6. The smallest absolute Gasteiger partial charge is 0.236 e. The van der Waals surface area contributed by atoms with E-state index in [1.165, 1.54) is 0 Å². The van der Waals surface area contributed by atoms with E-state index in [0.29, 0.717) is 6.54 Å². The number of hydrogen-bond acceptors (Lipinski definition) is 3. The van der Waals surface area contributed by atoms with Crippen molar-refractivity contribution in [3.8, 4) is 0 Å². The van der Waals surface area contributed by atoms with Gasteiger partial charge >= 0.3 is 0 Å². The Labute approximate surface area is 103 Å². The molecule has 94 valence electrons. The van der Waals surface area contributed by atoms with Crippen molar-refractivity contribution in [1.82, 2.24) is 15.2 Å². The minimum Gasteiger partial charge on any atom is -0.342 e. The molecule has 0 aliphatic carbocycles. The van der Waals surface area contributed by atoms with Crippen LogP contribution in [-0.4, -0.2) is 42.0 Å². The first-order valence-corrected chi connectivity index (χ1v) is 6.16. The number of carbonyl (C=O) groups excluding carboxylic acids is 1. The van der Waals surface area contributed by atoms with Gasteiger partial charge in [-0.1, -0.05) is 6.07 Å². The molecule has 0 atom stereocenters. The van der Waals surface area contributed by atoms with Gasteiger partial charge in [-0.2, -0.15) is 0 Å². The number of carbonyl (C=O) groups is 1. The van der Waals surface area contributed by atoms with Gasteiger partial charge < -0.3 is 10.2 Å². The fraction of sp³-hybridized carbons (Fsp3) is 0.538. The SMILES string of the molecule is CCN(CC)C(=O)CNCCc1ccccn1. The highest BCUT2D eigenvalue weighted by molar-refractivity contribution is 5.78. The van der Waals surface area contributed by atoms with Crippen molar-refractivity contribution in [1.29, 1.82) is 0 Å². The molecule has 0 fully saturated rings. The summed E-state index contributed by atoms with van der Waals surface area (Å²) in [6.45, 7) is 6.73. The Balaban J connectivity index is 2.18. The van der Waals surface area contributed by atoms with Gasteiger partial charge in [-0.15, -0.1) is 0 Å². The summed E-state index contributed by atoms with van der Waals surface area (Å²) in [5, 5.41) is 3.15. The number of likely N-dealkylation sites (N-methyl/N-ethyl adjacent to an activating group) is 1. The minimum atomic E-state index is 0.163. The average molecular weight is 235 g/mol. The molecule has 0 unspecified atom stereocenters. The first-order chi connectivity index (χ1) is 8.27. The van der Waals surface area contributed by atoms with E-state index in [1.54, 1.807) is 6.20 Å². The fourth-order valence-electron chi connectivity index (χ4n) is 1.65. The van der Waals surface area contributed by atoms with Crippen LogP contribution in [0.3, 0.4) is 0 Å². The Morgan fingerprint density at radius 2 is 2.12 bits per heavy atom. The zero-order chi connectivity index (χ0) is 12.5. The van der Waals surface area contributed by atoms with Gasteiger partial charge in [0, 0.05) is 37.9 Å². The predicted molar refractivity (Wildman–Crippen MR) is 68.7 cm³/mol. The lowest BCUT2D eigenvalue weighted by molar-refractivity contribution is -0.129. The number of pyridine rings is 1. The summed E-state index contributed by atoms with van der Waals surface area (Å²) in [6, 6.07) is 5.87. The minimum absolute atomic E-state index is 0.163. The van der Waals surface area contributed by atoms with Gasteiger partial charge in [-0.05, 0) is 26.0 Å². The van der Waals surface area contributed by atoms with Crippen LogP contribution in [0.25, 0.3) is 0 Å². The third kappa shape index (κ3) is 4.95. The number of hydrogen-bond donors (Lipinski definition) is 1. The molecule has 0 radical (unpaired) electrons. The Hall–Kier alpha value is -1.42. The van der Waals surface area contributed by atoms with E-state index in [0.717, 1.165) is 31.7 Å². The van der Waals surface area contributed by atoms with Crippen molar-refractivity contribution >= 4 is 5.91 Å². The van der Waals surface area contributed by atoms with Gasteiger partial charge in [0.05, 0.1) is 6.54 Å². The molecule has 0 aromatic carbocycles. The molecule has 1 aromatic rings. The van der Waals surface area contributed by atoms with Crippen LogP contribution in [0.2, 0.25) is 0 Å². The van der Waals surface area contributed by atoms with Gasteiger partial charge in [-0.25, -0.2) is 0 Å². The summed E-state index contributed by atoms with van der Waals surface area (Å²) in [6.07, 6.45) is 2.64. The van der Waals surface area contributed by atoms with Crippen LogP contribution in [0.15, 0.2) is 24.4 Å². The van der Waals surface area contributed by atoms with E-state index in [2.05, 4.69) is 10.3 Å². The Bertz CT molecular complexity index is 323. The maximum absolute atomic E-state index is 11.7. The number of amides is 1. The van der Waals surface area contributed by atoms with Gasteiger partial charge in [0.1, 0.15) is 0 Å². The van der Waals surface area contributed by atoms with E-state index in [4.69, 9.17) is 0 Å². The molecule has 1 heterocycles. The summed E-state index contributed by atoms with van der Waals surface area (Å²) >= 11 is 0. The van der Waals surface area contributed by atoms with Gasteiger partial charge in [-0.3, -0.25) is 9.78 Å². The first-order valence-electron chi connectivity index (χ1n) is 6.16. The third-order valence-corrected chi connectivity index (χ3v) is 2.68. The second kappa shape index (κ2) is 7.79. The van der Waals surface area contributed by atoms with Crippen LogP contribution in [0.4, 0.5) is 0 Å². The van der Waals surface area contributed by atoms with Crippen LogP contribution in [0.5, 0.6) is 0 Å². The van der Waals surface area contributed by atoms with E-state index in [1.807, 2.05) is 36.9 Å². The van der Waals surface area contributed by atoms with E-state index in [9.17, 15) is 4.79 Å². The van der Waals surface area contributed by atoms with Crippen molar-refractivity contribution in [3.63, 3.8) is 0 Å². The van der Waals surface area contributed by atoms with Crippen molar-refractivity contribution in [3.05, 3.63) is 30.1 Å². The number of rotatable bonds is 7. The molecule has 0 spiro atoms. The van der Waals surface area contributed by atoms with E-state index in [-0.39, 0.29) is 5.91 Å². The van der Waals surface area contributed by atoms with Crippen molar-refractivity contribution in [2.45, 2.75) is 20.3 Å². The number of nitrogens with zero attached hydrogens (tertiary/aromatic N) is 2. The molecule has 0 bridgehead atoms. The molecule has 4 heteroatoms. The molecule has 1 rings (SSSR count). The molecule has 1 amide bonds. The van der Waals surface area contributed by atoms with Crippen molar-refractivity contribution in [2.24, 2.45) is 0 Å². The van der Waals surface area contributed by atoms with Gasteiger partial charge in [0.15, 0.2) is 0 Å². The summed E-state index contributed by atoms with van der Waals surface area (Å²) in [4.78, 5) is 17.7. The quantitative estimate of drug-likeness (QED) is 0.719. The monoisotopic (exact) mass is 235 g/mol. The molecular weight excluding hydrogens is 214 g/mol. The van der Waals surface area contributed by atoms with Crippen LogP contribution in [0, 0.1) is 0 Å². The Morgan fingerprint density at radius 3 is 2.71 bits per heavy atom. The second-order valence-corrected chi connectivity index (χ2v) is 3.81. The molecule has 4 nitrogen and oxygen atoms in total. The molecular formula is C13H21N3O. The lowest BCUT2D eigenvalue weighted by Crippen LogP contribution is -2.38. The van der Waals surface area contributed by atoms with Crippen LogP contribution < -0.4 is 5.32 Å². The maximum atomic E-state index is 11.7. The summed E-state index contributed by atoms with van der Waals surface area (Å²) < 4.78 is 0. The Kier molecular flexibility index (Phi) is 6.25. The average Bonchev–Trinajstić information content (AvgIpc) is 2.37. The number of nitrogens with one attached hydrogen (secondary N) is 1. The lowest BCUT2D eigenvalue weighted by atomic mass is 10.3. The molecule has 0 aliphatic heterocycles. The maximum Gasteiger partial charge on any atom is 0.236 e. The highest BCUT2D eigenvalue weighted by Crippen LogP contribution is 1.93. The zero-order valence-electron chi connectivity index (χ0n) is 10.6. The largest absolute Gasteiger partial charge is 0.342 e. The third-order valence-electron chi connectivity index (χ3n) is 2.68. The van der Waals surface area contributed by atoms with Gasteiger partial charge in [0.2, 0.25) is 5.91 Å². The highest BCUT2D eigenvalue weighted by Gasteiger charge is 2.07. The van der Waals surface area contributed by atoms with Crippen LogP contribution >= 0.6 is 0 Å². The normalized spacial score (nSPS) is 10.2.